The van der Waals surface area contributed by atoms with Crippen molar-refractivity contribution in [1.82, 2.24) is 5.43 Å². The summed E-state index contributed by atoms with van der Waals surface area (Å²) in [5.41, 5.74) is 2.82. The van der Waals surface area contributed by atoms with Crippen molar-refractivity contribution in [3.8, 4) is 0 Å². The van der Waals surface area contributed by atoms with Gasteiger partial charge < -0.3 is 0 Å². The molecule has 0 radical (unpaired) electrons. The first-order valence-corrected chi connectivity index (χ1v) is 8.46. The maximum absolute atomic E-state index is 11.0. The molecule has 0 saturated carbocycles. The van der Waals surface area contributed by atoms with E-state index in [4.69, 9.17) is 5.84 Å². The number of hydrogen-bond donors (Lipinski definition) is 2. The fraction of sp³-hybridized carbons (Fsp3) is 1.00. The highest BCUT2D eigenvalue weighted by atomic mass is 32.2. The van der Waals surface area contributed by atoms with Gasteiger partial charge in [-0.1, -0.05) is 0 Å². The summed E-state index contributed by atoms with van der Waals surface area (Å²) in [5, 5.41) is 0. The highest BCUT2D eigenvalue weighted by Crippen LogP contribution is 2.27. The number of hydrogen-bond acceptors (Lipinski definition) is 5. The van der Waals surface area contributed by atoms with Gasteiger partial charge in [0.25, 0.3) is 0 Å². The molecule has 4 nitrogen and oxygen atoms in total. The van der Waals surface area contributed by atoms with Gasteiger partial charge in [-0.3, -0.25) is 11.3 Å². The normalized spacial score (nSPS) is 24.3. The lowest BCUT2D eigenvalue weighted by atomic mass is 9.96. The molecule has 2 atom stereocenters. The molecule has 2 unspecified atom stereocenters. The van der Waals surface area contributed by atoms with Crippen LogP contribution in [-0.4, -0.2) is 38.0 Å². The first-order chi connectivity index (χ1) is 7.03. The first kappa shape index (κ1) is 13.3. The Bertz CT molecular complexity index is 274. The molecule has 1 saturated heterocycles. The van der Waals surface area contributed by atoms with Gasteiger partial charge in [-0.2, -0.15) is 11.8 Å². The molecule has 0 aliphatic carbocycles. The Hall–Kier alpha value is 0.220. The van der Waals surface area contributed by atoms with Crippen LogP contribution >= 0.6 is 11.8 Å². The third kappa shape index (κ3) is 5.19. The van der Waals surface area contributed by atoms with E-state index in [1.54, 1.807) is 0 Å². The largest absolute Gasteiger partial charge is 0.271 e. The van der Waals surface area contributed by atoms with E-state index in [0.717, 1.165) is 12.2 Å². The van der Waals surface area contributed by atoms with Crippen molar-refractivity contribution in [2.45, 2.75) is 25.3 Å². The van der Waals surface area contributed by atoms with Crippen molar-refractivity contribution in [3.63, 3.8) is 0 Å². The predicted molar refractivity (Wildman–Crippen MR) is 65.5 cm³/mol. The van der Waals surface area contributed by atoms with E-state index in [2.05, 4.69) is 5.43 Å². The first-order valence-electron chi connectivity index (χ1n) is 5.24. The van der Waals surface area contributed by atoms with Gasteiger partial charge in [0.1, 0.15) is 9.84 Å². The molecule has 6 heteroatoms. The summed E-state index contributed by atoms with van der Waals surface area (Å²) in [6, 6.07) is 0.279. The summed E-state index contributed by atoms with van der Waals surface area (Å²) < 4.78 is 21.9. The van der Waals surface area contributed by atoms with Crippen LogP contribution in [0.1, 0.15) is 19.3 Å². The average Bonchev–Trinajstić information content (AvgIpc) is 2.63. The standard InChI is InChI=1S/C9H20N2O2S2/c1-15(12,13)6-2-3-9(11-10)8-4-5-14-7-8/h8-9,11H,2-7,10H2,1H3. The molecule has 0 aromatic heterocycles. The average molecular weight is 252 g/mol. The Morgan fingerprint density at radius 1 is 1.60 bits per heavy atom. The minimum Gasteiger partial charge on any atom is -0.271 e. The van der Waals surface area contributed by atoms with E-state index in [1.165, 1.54) is 18.4 Å². The number of nitrogens with two attached hydrogens (primary N) is 1. The topological polar surface area (TPSA) is 72.2 Å². The van der Waals surface area contributed by atoms with Gasteiger partial charge in [0, 0.05) is 18.1 Å². The zero-order valence-corrected chi connectivity index (χ0v) is 10.7. The van der Waals surface area contributed by atoms with Gasteiger partial charge in [0.05, 0.1) is 0 Å². The zero-order chi connectivity index (χ0) is 11.3. The lowest BCUT2D eigenvalue weighted by molar-refractivity contribution is 0.365. The lowest BCUT2D eigenvalue weighted by Crippen LogP contribution is -2.41. The summed E-state index contributed by atoms with van der Waals surface area (Å²) >= 11 is 1.95. The Morgan fingerprint density at radius 2 is 2.33 bits per heavy atom. The Labute approximate surface area is 96.3 Å². The van der Waals surface area contributed by atoms with Gasteiger partial charge >= 0.3 is 0 Å². The summed E-state index contributed by atoms with van der Waals surface area (Å²) in [4.78, 5) is 0. The molecular weight excluding hydrogens is 232 g/mol. The minimum atomic E-state index is -2.83. The SMILES string of the molecule is CS(=O)(=O)CCCC(NN)C1CCSC1. The fourth-order valence-electron chi connectivity index (χ4n) is 1.89. The smallest absolute Gasteiger partial charge is 0.147 e. The van der Waals surface area contributed by atoms with Crippen molar-refractivity contribution in [2.24, 2.45) is 11.8 Å². The quantitative estimate of drug-likeness (QED) is 0.529. The summed E-state index contributed by atoms with van der Waals surface area (Å²) in [5.74, 6) is 8.72. The number of nitrogens with one attached hydrogen (secondary N) is 1. The molecule has 1 aliphatic heterocycles. The van der Waals surface area contributed by atoms with Crippen molar-refractivity contribution >= 4 is 21.6 Å². The molecule has 1 aliphatic rings. The molecular formula is C9H20N2O2S2. The lowest BCUT2D eigenvalue weighted by Gasteiger charge is -2.21. The van der Waals surface area contributed by atoms with Crippen LogP contribution in [0.5, 0.6) is 0 Å². The molecule has 1 fully saturated rings. The number of sulfone groups is 1. The van der Waals surface area contributed by atoms with Crippen LogP contribution in [0.15, 0.2) is 0 Å². The predicted octanol–water partition coefficient (Wildman–Crippen LogP) is 0.396. The number of rotatable bonds is 6. The molecule has 3 N–H and O–H groups in total. The molecule has 0 aromatic rings. The molecule has 15 heavy (non-hydrogen) atoms. The second kappa shape index (κ2) is 6.08. The molecule has 0 bridgehead atoms. The summed E-state index contributed by atoms with van der Waals surface area (Å²) in [6.45, 7) is 0. The molecule has 0 amide bonds. The Morgan fingerprint density at radius 3 is 2.80 bits per heavy atom. The van der Waals surface area contributed by atoms with Crippen LogP contribution in [0, 0.1) is 5.92 Å². The third-order valence-electron chi connectivity index (χ3n) is 2.78. The molecule has 1 heterocycles. The maximum atomic E-state index is 11.0. The van der Waals surface area contributed by atoms with Gasteiger partial charge in [0.15, 0.2) is 0 Å². The van der Waals surface area contributed by atoms with Crippen molar-refractivity contribution in [1.29, 1.82) is 0 Å². The van der Waals surface area contributed by atoms with E-state index in [-0.39, 0.29) is 11.8 Å². The molecule has 0 spiro atoms. The van der Waals surface area contributed by atoms with E-state index < -0.39 is 9.84 Å². The van der Waals surface area contributed by atoms with Crippen molar-refractivity contribution in [2.75, 3.05) is 23.5 Å². The van der Waals surface area contributed by atoms with Crippen LogP contribution in [0.3, 0.4) is 0 Å². The fourth-order valence-corrected chi connectivity index (χ4v) is 3.92. The molecule has 90 valence electrons. The van der Waals surface area contributed by atoms with E-state index in [0.29, 0.717) is 12.3 Å². The minimum absolute atomic E-state index is 0.269. The Balaban J connectivity index is 2.27. The highest BCUT2D eigenvalue weighted by molar-refractivity contribution is 7.99. The van der Waals surface area contributed by atoms with Crippen LogP contribution in [0.4, 0.5) is 0 Å². The van der Waals surface area contributed by atoms with Crippen LogP contribution < -0.4 is 11.3 Å². The number of hydrazine groups is 1. The molecule has 1 rings (SSSR count). The monoisotopic (exact) mass is 252 g/mol. The summed E-state index contributed by atoms with van der Waals surface area (Å²) in [6.07, 6.45) is 4.03. The van der Waals surface area contributed by atoms with Crippen LogP contribution in [-0.2, 0) is 9.84 Å². The van der Waals surface area contributed by atoms with Crippen LogP contribution in [0.25, 0.3) is 0 Å². The van der Waals surface area contributed by atoms with E-state index >= 15 is 0 Å². The van der Waals surface area contributed by atoms with Gasteiger partial charge in [-0.25, -0.2) is 8.42 Å². The second-order valence-electron chi connectivity index (χ2n) is 4.17. The molecule has 0 aromatic carbocycles. The van der Waals surface area contributed by atoms with Gasteiger partial charge in [0.2, 0.25) is 0 Å². The number of thioether (sulfide) groups is 1. The highest BCUT2D eigenvalue weighted by Gasteiger charge is 2.24. The van der Waals surface area contributed by atoms with Crippen molar-refractivity contribution in [3.05, 3.63) is 0 Å². The van der Waals surface area contributed by atoms with Gasteiger partial charge in [-0.05, 0) is 36.7 Å². The summed E-state index contributed by atoms with van der Waals surface area (Å²) in [7, 11) is -2.83. The van der Waals surface area contributed by atoms with Crippen LogP contribution in [0.2, 0.25) is 0 Å². The van der Waals surface area contributed by atoms with E-state index in [9.17, 15) is 8.42 Å². The zero-order valence-electron chi connectivity index (χ0n) is 9.11. The Kier molecular flexibility index (Phi) is 5.38. The second-order valence-corrected chi connectivity index (χ2v) is 7.58. The third-order valence-corrected chi connectivity index (χ3v) is 5.00. The van der Waals surface area contributed by atoms with Crippen molar-refractivity contribution < 1.29 is 8.42 Å². The van der Waals surface area contributed by atoms with E-state index in [1.807, 2.05) is 11.8 Å². The maximum Gasteiger partial charge on any atom is 0.147 e. The van der Waals surface area contributed by atoms with Gasteiger partial charge in [-0.15, -0.1) is 0 Å².